The maximum Gasteiger partial charge on any atom is 0.336 e. The number of rotatable bonds is 3. The lowest BCUT2D eigenvalue weighted by Gasteiger charge is -2.25. The largest absolute Gasteiger partial charge is 0.478 e. The highest BCUT2D eigenvalue weighted by Crippen LogP contribution is 2.36. The maximum absolute atomic E-state index is 12.3. The van der Waals surface area contributed by atoms with Gasteiger partial charge in [0.15, 0.2) is 19.7 Å². The summed E-state index contributed by atoms with van der Waals surface area (Å²) in [6.45, 7) is 1.02. The molecule has 1 aromatic carbocycles. The zero-order valence-electron chi connectivity index (χ0n) is 11.4. The zero-order chi connectivity index (χ0) is 16.0. The van der Waals surface area contributed by atoms with Gasteiger partial charge in [-0.3, -0.25) is 0 Å². The molecule has 2 rings (SSSR count). The van der Waals surface area contributed by atoms with Gasteiger partial charge in [0.05, 0.1) is 33.0 Å². The van der Waals surface area contributed by atoms with Crippen LogP contribution in [-0.2, 0) is 31.0 Å². The molecule has 1 aliphatic rings. The number of benzene rings is 1. The first-order chi connectivity index (χ1) is 9.63. The Bertz CT molecular complexity index is 806. The molecule has 1 aromatic rings. The van der Waals surface area contributed by atoms with Gasteiger partial charge in [0.1, 0.15) is 0 Å². The first-order valence-electron chi connectivity index (χ1n) is 5.97. The number of ether oxygens (including phenoxy) is 1. The Hall–Kier alpha value is -1.45. The molecule has 1 unspecified atom stereocenters. The summed E-state index contributed by atoms with van der Waals surface area (Å²) in [5.74, 6) is -1.90. The number of sulfone groups is 2. The van der Waals surface area contributed by atoms with Gasteiger partial charge in [-0.05, 0) is 19.1 Å². The van der Waals surface area contributed by atoms with Crippen LogP contribution in [0.2, 0.25) is 0 Å². The second-order valence-electron chi connectivity index (χ2n) is 4.79. The highest BCUT2D eigenvalue weighted by molar-refractivity contribution is 7.98. The number of carboxylic acid groups (broad SMARTS) is 1. The molecule has 0 amide bonds. The standard InChI is InChI=1S/C12H14O7S2/c1-7-6-20(15,16)11-9(5-19-2)8(12(13)14)3-4-10(11)21(7,17)18/h3-4,7H,5-6H2,1-2H3,(H,13,14). The molecule has 0 saturated carbocycles. The van der Waals surface area contributed by atoms with E-state index in [0.29, 0.717) is 0 Å². The van der Waals surface area contributed by atoms with E-state index in [4.69, 9.17) is 9.84 Å². The van der Waals surface area contributed by atoms with Gasteiger partial charge < -0.3 is 9.84 Å². The van der Waals surface area contributed by atoms with Crippen molar-refractivity contribution in [3.05, 3.63) is 23.3 Å². The fourth-order valence-corrected chi connectivity index (χ4v) is 7.12. The van der Waals surface area contributed by atoms with Crippen molar-refractivity contribution < 1.29 is 31.5 Å². The van der Waals surface area contributed by atoms with E-state index >= 15 is 0 Å². The summed E-state index contributed by atoms with van der Waals surface area (Å²) in [6, 6.07) is 2.14. The lowest BCUT2D eigenvalue weighted by Crippen LogP contribution is -2.35. The first-order valence-corrected chi connectivity index (χ1v) is 9.17. The Morgan fingerprint density at radius 3 is 2.48 bits per heavy atom. The molecule has 1 heterocycles. The summed E-state index contributed by atoms with van der Waals surface area (Å²) in [5, 5.41) is 8.08. The highest BCUT2D eigenvalue weighted by Gasteiger charge is 2.42. The van der Waals surface area contributed by atoms with Crippen LogP contribution in [0.3, 0.4) is 0 Å². The van der Waals surface area contributed by atoms with Crippen LogP contribution in [0, 0.1) is 0 Å². The molecule has 0 bridgehead atoms. The van der Waals surface area contributed by atoms with E-state index in [1.54, 1.807) is 0 Å². The van der Waals surface area contributed by atoms with Crippen molar-refractivity contribution in [1.29, 1.82) is 0 Å². The average Bonchev–Trinajstić information content (AvgIpc) is 2.36. The van der Waals surface area contributed by atoms with Crippen molar-refractivity contribution in [2.75, 3.05) is 12.9 Å². The van der Waals surface area contributed by atoms with Crippen molar-refractivity contribution in [2.24, 2.45) is 0 Å². The van der Waals surface area contributed by atoms with Crippen LogP contribution in [0.1, 0.15) is 22.8 Å². The second kappa shape index (κ2) is 5.08. The first kappa shape index (κ1) is 15.9. The number of carbonyl (C=O) groups is 1. The number of aromatic carboxylic acids is 1. The third-order valence-electron chi connectivity index (χ3n) is 3.34. The molecule has 0 saturated heterocycles. The molecule has 0 spiro atoms. The summed E-state index contributed by atoms with van der Waals surface area (Å²) >= 11 is 0. The monoisotopic (exact) mass is 334 g/mol. The minimum Gasteiger partial charge on any atom is -0.478 e. The zero-order valence-corrected chi connectivity index (χ0v) is 13.0. The molecule has 1 atom stereocenters. The Balaban J connectivity index is 2.95. The van der Waals surface area contributed by atoms with Crippen molar-refractivity contribution in [1.82, 2.24) is 0 Å². The Labute approximate surface area is 122 Å². The average molecular weight is 334 g/mol. The van der Waals surface area contributed by atoms with Gasteiger partial charge in [-0.2, -0.15) is 0 Å². The topological polar surface area (TPSA) is 115 Å². The number of hydrogen-bond donors (Lipinski definition) is 1. The summed E-state index contributed by atoms with van der Waals surface area (Å²) in [6.07, 6.45) is 0. The van der Waals surface area contributed by atoms with E-state index in [1.807, 2.05) is 0 Å². The number of hydrogen-bond acceptors (Lipinski definition) is 6. The lowest BCUT2D eigenvalue weighted by molar-refractivity contribution is 0.0691. The van der Waals surface area contributed by atoms with Gasteiger partial charge in [-0.15, -0.1) is 0 Å². The Morgan fingerprint density at radius 2 is 1.95 bits per heavy atom. The van der Waals surface area contributed by atoms with Gasteiger partial charge in [-0.1, -0.05) is 0 Å². The minimum atomic E-state index is -3.89. The van der Waals surface area contributed by atoms with E-state index in [-0.39, 0.29) is 22.6 Å². The molecule has 0 radical (unpaired) electrons. The maximum atomic E-state index is 12.3. The van der Waals surface area contributed by atoms with Crippen LogP contribution < -0.4 is 0 Å². The van der Waals surface area contributed by atoms with Crippen LogP contribution in [0.4, 0.5) is 0 Å². The van der Waals surface area contributed by atoms with Gasteiger partial charge >= 0.3 is 5.97 Å². The molecule has 0 fully saturated rings. The quantitative estimate of drug-likeness (QED) is 0.855. The Morgan fingerprint density at radius 1 is 1.33 bits per heavy atom. The normalized spacial score (nSPS) is 22.5. The SMILES string of the molecule is COCc1c(C(=O)O)ccc2c1S(=O)(=O)CC(C)S2(=O)=O. The van der Waals surface area contributed by atoms with Crippen LogP contribution in [0.15, 0.2) is 21.9 Å². The van der Waals surface area contributed by atoms with Gasteiger partial charge in [0, 0.05) is 12.7 Å². The summed E-state index contributed by atoms with van der Waals surface area (Å²) in [4.78, 5) is 10.4. The molecule has 21 heavy (non-hydrogen) atoms. The highest BCUT2D eigenvalue weighted by atomic mass is 32.2. The van der Waals surface area contributed by atoms with Crippen LogP contribution >= 0.6 is 0 Å². The van der Waals surface area contributed by atoms with E-state index in [9.17, 15) is 21.6 Å². The third kappa shape index (κ3) is 2.45. The number of carboxylic acids is 1. The molecule has 116 valence electrons. The molecule has 9 heteroatoms. The summed E-state index contributed by atoms with van der Waals surface area (Å²) < 4.78 is 54.1. The second-order valence-corrected chi connectivity index (χ2v) is 9.10. The predicted molar refractivity (Wildman–Crippen MR) is 72.8 cm³/mol. The van der Waals surface area contributed by atoms with Crippen molar-refractivity contribution >= 4 is 25.6 Å². The molecular weight excluding hydrogens is 320 g/mol. The van der Waals surface area contributed by atoms with E-state index in [0.717, 1.165) is 12.1 Å². The fourth-order valence-electron chi connectivity index (χ4n) is 2.36. The van der Waals surface area contributed by atoms with Gasteiger partial charge in [-0.25, -0.2) is 21.6 Å². The van der Waals surface area contributed by atoms with Crippen LogP contribution in [0.25, 0.3) is 0 Å². The van der Waals surface area contributed by atoms with Crippen LogP contribution in [0.5, 0.6) is 0 Å². The fraction of sp³-hybridized carbons (Fsp3) is 0.417. The summed E-state index contributed by atoms with van der Waals surface area (Å²) in [7, 11) is -6.42. The Kier molecular flexibility index (Phi) is 3.85. The minimum absolute atomic E-state index is 0.127. The van der Waals surface area contributed by atoms with Crippen LogP contribution in [-0.4, -0.2) is 46.0 Å². The van der Waals surface area contributed by atoms with Crippen molar-refractivity contribution in [2.45, 2.75) is 28.6 Å². The molecule has 1 aliphatic heterocycles. The van der Waals surface area contributed by atoms with Crippen molar-refractivity contribution in [3.63, 3.8) is 0 Å². The smallest absolute Gasteiger partial charge is 0.336 e. The van der Waals surface area contributed by atoms with E-state index < -0.39 is 41.5 Å². The van der Waals surface area contributed by atoms with Gasteiger partial charge in [0.2, 0.25) is 0 Å². The number of fused-ring (bicyclic) bond motifs is 1. The number of methoxy groups -OCH3 is 1. The summed E-state index contributed by atoms with van der Waals surface area (Å²) in [5.41, 5.74) is -0.401. The molecule has 0 aliphatic carbocycles. The molecule has 0 aromatic heterocycles. The van der Waals surface area contributed by atoms with Crippen molar-refractivity contribution in [3.8, 4) is 0 Å². The van der Waals surface area contributed by atoms with E-state index in [2.05, 4.69) is 0 Å². The third-order valence-corrected chi connectivity index (χ3v) is 7.89. The molecule has 7 nitrogen and oxygen atoms in total. The van der Waals surface area contributed by atoms with E-state index in [1.165, 1.54) is 14.0 Å². The lowest BCUT2D eigenvalue weighted by atomic mass is 10.1. The predicted octanol–water partition coefficient (Wildman–Crippen LogP) is 0.481. The van der Waals surface area contributed by atoms with Gasteiger partial charge in [0.25, 0.3) is 0 Å². The molecule has 1 N–H and O–H groups in total. The molecular formula is C12H14O7S2.